The summed E-state index contributed by atoms with van der Waals surface area (Å²) in [6.45, 7) is 10.6. The van der Waals surface area contributed by atoms with Crippen LogP contribution in [0.3, 0.4) is 0 Å². The Labute approximate surface area is 370 Å². The molecule has 7 heterocycles. The van der Waals surface area contributed by atoms with Crippen LogP contribution in [0.2, 0.25) is 0 Å². The van der Waals surface area contributed by atoms with E-state index in [1.807, 2.05) is 20.9 Å². The maximum absolute atomic E-state index is 15.1. The fourth-order valence-electron chi connectivity index (χ4n) is 10.8. The molecule has 2 saturated heterocycles. The number of rotatable bonds is 5. The van der Waals surface area contributed by atoms with Crippen LogP contribution in [0.4, 0.5) is 4.79 Å². The van der Waals surface area contributed by atoms with Gasteiger partial charge < -0.3 is 42.6 Å². The Kier molecular flexibility index (Phi) is 10.7. The molecule has 7 aliphatic heterocycles. The summed E-state index contributed by atoms with van der Waals surface area (Å²) in [6, 6.07) is 5.69. The number of hydrogen-bond acceptors (Lipinski definition) is 17. The van der Waals surface area contributed by atoms with Gasteiger partial charge in [-0.05, 0) is 88.9 Å². The van der Waals surface area contributed by atoms with E-state index in [4.69, 9.17) is 42.6 Å². The Bertz CT molecular complexity index is 2480. The Morgan fingerprint density at radius 1 is 0.937 bits per heavy atom. The van der Waals surface area contributed by atoms with E-state index in [9.17, 15) is 14.9 Å². The molecule has 1 spiro atoms. The van der Waals surface area contributed by atoms with Crippen LogP contribution < -0.4 is 38.5 Å². The van der Waals surface area contributed by atoms with Crippen molar-refractivity contribution in [3.63, 3.8) is 0 Å². The molecule has 334 valence electrons. The maximum atomic E-state index is 15.1. The van der Waals surface area contributed by atoms with Crippen LogP contribution in [-0.4, -0.2) is 106 Å². The molecular formula is C46H52N4O12S. The summed E-state index contributed by atoms with van der Waals surface area (Å²) in [4.78, 5) is 45.6. The molecule has 10 rings (SSSR count). The van der Waals surface area contributed by atoms with Crippen LogP contribution >= 0.6 is 11.8 Å². The average Bonchev–Trinajstić information content (AvgIpc) is 3.72. The van der Waals surface area contributed by atoms with E-state index >= 15 is 4.79 Å². The molecule has 63 heavy (non-hydrogen) atoms. The largest absolute Gasteiger partial charge is 0.514 e. The van der Waals surface area contributed by atoms with Gasteiger partial charge in [0, 0.05) is 53.6 Å². The summed E-state index contributed by atoms with van der Waals surface area (Å²) in [5.41, 5.74) is 4.02. The van der Waals surface area contributed by atoms with Gasteiger partial charge in [-0.1, -0.05) is 6.07 Å². The van der Waals surface area contributed by atoms with Crippen molar-refractivity contribution in [2.45, 2.75) is 101 Å². The molecule has 17 heteroatoms. The molecule has 3 aromatic carbocycles. The molecule has 0 saturated carbocycles. The second kappa shape index (κ2) is 15.7. The van der Waals surface area contributed by atoms with E-state index < -0.39 is 52.6 Å². The van der Waals surface area contributed by atoms with Crippen molar-refractivity contribution in [1.82, 2.24) is 15.1 Å². The highest BCUT2D eigenvalue weighted by atomic mass is 32.2. The monoisotopic (exact) mass is 884 g/mol. The normalized spacial score (nSPS) is 26.8. The molecule has 3 aromatic rings. The van der Waals surface area contributed by atoms with Gasteiger partial charge >= 0.3 is 18.1 Å². The number of ether oxygens (including phenoxy) is 9. The van der Waals surface area contributed by atoms with E-state index in [-0.39, 0.29) is 42.7 Å². The van der Waals surface area contributed by atoms with Crippen LogP contribution in [-0.2, 0) is 37.4 Å². The second-order valence-corrected chi connectivity index (χ2v) is 19.0. The zero-order chi connectivity index (χ0) is 44.9. The summed E-state index contributed by atoms with van der Waals surface area (Å²) in [5, 5.41) is 14.3. The van der Waals surface area contributed by atoms with Crippen molar-refractivity contribution < 1.29 is 57.0 Å². The van der Waals surface area contributed by atoms with Crippen LogP contribution in [0.15, 0.2) is 18.2 Å². The third-order valence-corrected chi connectivity index (χ3v) is 14.7. The van der Waals surface area contributed by atoms with Crippen molar-refractivity contribution in [2.75, 3.05) is 54.1 Å². The minimum Gasteiger partial charge on any atom is -0.493 e. The van der Waals surface area contributed by atoms with Crippen LogP contribution in [0.1, 0.15) is 89.5 Å². The number of nitrogens with one attached hydrogen (secondary N) is 1. The highest BCUT2D eigenvalue weighted by Gasteiger charge is 2.62. The van der Waals surface area contributed by atoms with Crippen molar-refractivity contribution in [3.8, 4) is 46.3 Å². The van der Waals surface area contributed by atoms with Crippen LogP contribution in [0.5, 0.6) is 40.2 Å². The zero-order valence-electron chi connectivity index (χ0n) is 37.1. The first kappa shape index (κ1) is 42.9. The number of fused-ring (bicyclic) bond motifs is 9. The van der Waals surface area contributed by atoms with Gasteiger partial charge in [0.05, 0.1) is 44.7 Å². The SMILES string of the molecule is COc1cc2c(cc1OC(=O)OC(C)(C)C)CCN[C@]21CS[C@@H]2c3c(OC(C)=O)c(C)c4c(c3[C@@H](COC1=O)N1C2[C@H]2c3c(cc(C)c(OC)c3OC)C[C@H]([C@@H]1C#N)N2C)OCO4. The van der Waals surface area contributed by atoms with Gasteiger partial charge in [-0.15, -0.1) is 11.8 Å². The van der Waals surface area contributed by atoms with E-state index in [1.165, 1.54) is 25.8 Å². The van der Waals surface area contributed by atoms with E-state index in [0.717, 1.165) is 22.3 Å². The number of thioether (sulfide) groups is 1. The molecule has 1 N–H and O–H groups in total. The summed E-state index contributed by atoms with van der Waals surface area (Å²) >= 11 is 1.50. The van der Waals surface area contributed by atoms with Crippen molar-refractivity contribution in [3.05, 3.63) is 62.7 Å². The van der Waals surface area contributed by atoms with Gasteiger partial charge in [-0.3, -0.25) is 19.9 Å². The number of aryl methyl sites for hydroxylation is 1. The van der Waals surface area contributed by atoms with E-state index in [0.29, 0.717) is 70.4 Å². The lowest BCUT2D eigenvalue weighted by Crippen LogP contribution is -2.69. The van der Waals surface area contributed by atoms with Gasteiger partial charge in [-0.2, -0.15) is 5.26 Å². The molecular weight excluding hydrogens is 833 g/mol. The van der Waals surface area contributed by atoms with Crippen molar-refractivity contribution in [2.24, 2.45) is 0 Å². The van der Waals surface area contributed by atoms with Gasteiger partial charge in [0.1, 0.15) is 24.0 Å². The Balaban J connectivity index is 1.27. The maximum Gasteiger partial charge on any atom is 0.514 e. The molecule has 7 aliphatic rings. The smallest absolute Gasteiger partial charge is 0.493 e. The topological polar surface area (TPSA) is 177 Å². The van der Waals surface area contributed by atoms with Gasteiger partial charge in [0.15, 0.2) is 40.0 Å². The number of nitriles is 1. The van der Waals surface area contributed by atoms with Crippen molar-refractivity contribution in [1.29, 1.82) is 5.26 Å². The zero-order valence-corrected chi connectivity index (χ0v) is 37.9. The Morgan fingerprint density at radius 3 is 2.37 bits per heavy atom. The molecule has 1 unspecified atom stereocenters. The second-order valence-electron chi connectivity index (χ2n) is 17.8. The van der Waals surface area contributed by atoms with Crippen LogP contribution in [0, 0.1) is 25.2 Å². The lowest BCUT2D eigenvalue weighted by atomic mass is 9.71. The van der Waals surface area contributed by atoms with Gasteiger partial charge in [0.25, 0.3) is 0 Å². The highest BCUT2D eigenvalue weighted by molar-refractivity contribution is 7.99. The molecule has 0 aliphatic carbocycles. The first-order chi connectivity index (χ1) is 30.1. The number of hydrogen-bond donors (Lipinski definition) is 1. The number of benzene rings is 3. The Morgan fingerprint density at radius 2 is 1.68 bits per heavy atom. The van der Waals surface area contributed by atoms with Gasteiger partial charge in [0.2, 0.25) is 6.79 Å². The van der Waals surface area contributed by atoms with E-state index in [2.05, 4.69) is 27.3 Å². The average molecular weight is 885 g/mol. The lowest BCUT2D eigenvalue weighted by molar-refractivity contribution is -0.157. The first-order valence-electron chi connectivity index (χ1n) is 21.0. The molecule has 7 atom stereocenters. The molecule has 2 fully saturated rings. The van der Waals surface area contributed by atoms with E-state index in [1.54, 1.807) is 47.1 Å². The number of carbonyl (C=O) groups excluding carboxylic acids is 3. The summed E-state index contributed by atoms with van der Waals surface area (Å²) < 4.78 is 54.3. The molecule has 0 aromatic heterocycles. The number of piperazine rings is 1. The van der Waals surface area contributed by atoms with Crippen molar-refractivity contribution >= 4 is 29.9 Å². The number of methoxy groups -OCH3 is 3. The Hall–Kier alpha value is -5.41. The minimum absolute atomic E-state index is 0.0649. The fourth-order valence-corrected chi connectivity index (χ4v) is 12.5. The first-order valence-corrected chi connectivity index (χ1v) is 22.1. The number of carbonyl (C=O) groups is 3. The molecule has 0 radical (unpaired) electrons. The standard InChI is InChI=1S/C46H52N4O12S/c1-21-13-25-14-27-28(17-47)50-29-18-57-43(52)46(26-16-30(54-8)31(15-24(26)11-12-48-46)61-44(53)62-45(4,5)6)19-63-42(36(50)35(49(27)7)32(25)40(56-10)37(21)55-9)34-33(29)41-39(58-20-59-41)22(2)38(34)60-23(3)51/h13,15-16,27-29,35-36,42,48H,11-12,14,18-20H2,1-10H3/t27-,28+,29-,35-,36?,42-,46-/m1/s1. The quantitative estimate of drug-likeness (QED) is 0.182. The summed E-state index contributed by atoms with van der Waals surface area (Å²) in [5.74, 6) is 1.94. The number of esters is 2. The molecule has 0 amide bonds. The summed E-state index contributed by atoms with van der Waals surface area (Å²) in [6.07, 6.45) is 0.170. The molecule has 4 bridgehead atoms. The lowest BCUT2D eigenvalue weighted by Gasteiger charge is -2.62. The fraction of sp³-hybridized carbons (Fsp3) is 0.522. The predicted octanol–water partition coefficient (Wildman–Crippen LogP) is 5.90. The third kappa shape index (κ3) is 6.62. The number of nitrogens with zero attached hydrogens (tertiary/aromatic N) is 3. The number of likely N-dealkylation sites (N-methyl/N-ethyl adjacent to an activating group) is 1. The van der Waals surface area contributed by atoms with Gasteiger partial charge in [-0.25, -0.2) is 9.59 Å². The minimum atomic E-state index is -1.42. The van der Waals surface area contributed by atoms with Crippen LogP contribution in [0.25, 0.3) is 0 Å². The third-order valence-electron chi connectivity index (χ3n) is 13.2. The highest BCUT2D eigenvalue weighted by Crippen LogP contribution is 2.65. The summed E-state index contributed by atoms with van der Waals surface area (Å²) in [7, 11) is 6.78. The molecule has 16 nitrogen and oxygen atoms in total. The predicted molar refractivity (Wildman–Crippen MR) is 228 cm³/mol.